The van der Waals surface area contributed by atoms with E-state index in [4.69, 9.17) is 4.43 Å². The molecule has 0 unspecified atom stereocenters. The molecule has 0 rings (SSSR count). The minimum absolute atomic E-state index is 0.198. The molecule has 0 atom stereocenters. The van der Waals surface area contributed by atoms with Gasteiger partial charge in [-0.3, -0.25) is 4.57 Å². The van der Waals surface area contributed by atoms with E-state index in [1.54, 1.807) is 0 Å². The third-order valence-electron chi connectivity index (χ3n) is 0.634. The standard InChI is InChI=1S/C4H11O2PSi/c1-8(2)6-3-4-7-5/h8H,3-4H2,1-2H3. The summed E-state index contributed by atoms with van der Waals surface area (Å²) in [5, 5.41) is 0. The quantitative estimate of drug-likeness (QED) is 0.343. The van der Waals surface area contributed by atoms with Crippen molar-refractivity contribution in [1.82, 2.24) is 0 Å². The van der Waals surface area contributed by atoms with Crippen LogP contribution in [0.4, 0.5) is 0 Å². The summed E-state index contributed by atoms with van der Waals surface area (Å²) in [5.41, 5.74) is 0. The van der Waals surface area contributed by atoms with Crippen molar-refractivity contribution < 1.29 is 8.99 Å². The second-order valence-corrected chi connectivity index (χ2v) is 4.91. The predicted octanol–water partition coefficient (Wildman–Crippen LogP) is 1.28. The van der Waals surface area contributed by atoms with Crippen molar-refractivity contribution in [2.45, 2.75) is 13.1 Å². The highest BCUT2D eigenvalue weighted by Gasteiger charge is 1.92. The summed E-state index contributed by atoms with van der Waals surface area (Å²) >= 11 is 0. The highest BCUT2D eigenvalue weighted by atomic mass is 31.1. The zero-order chi connectivity index (χ0) is 6.41. The van der Waals surface area contributed by atoms with Crippen molar-refractivity contribution in [3.8, 4) is 0 Å². The van der Waals surface area contributed by atoms with Crippen LogP contribution in [0, 0.1) is 0 Å². The van der Waals surface area contributed by atoms with Crippen LogP contribution in [0.5, 0.6) is 0 Å². The van der Waals surface area contributed by atoms with Gasteiger partial charge >= 0.3 is 0 Å². The summed E-state index contributed by atoms with van der Waals surface area (Å²) in [6, 6.07) is 0. The minimum atomic E-state index is -0.845. The Morgan fingerprint density at radius 1 is 1.62 bits per heavy atom. The fraction of sp³-hybridized carbons (Fsp3) is 1.00. The highest BCUT2D eigenvalue weighted by molar-refractivity contribution is 7.23. The lowest BCUT2D eigenvalue weighted by atomic mass is 10.9. The van der Waals surface area contributed by atoms with Crippen molar-refractivity contribution in [2.75, 3.05) is 12.8 Å². The lowest BCUT2D eigenvalue weighted by Crippen LogP contribution is -2.08. The first-order valence-corrected chi connectivity index (χ1v) is 6.46. The van der Waals surface area contributed by atoms with Crippen LogP contribution in [-0.2, 0) is 8.99 Å². The lowest BCUT2D eigenvalue weighted by molar-refractivity contribution is 0.352. The van der Waals surface area contributed by atoms with Crippen LogP contribution in [0.2, 0.25) is 13.1 Å². The largest absolute Gasteiger partial charge is 0.420 e. The Balaban J connectivity index is 2.81. The van der Waals surface area contributed by atoms with E-state index < -0.39 is 9.04 Å². The Bertz CT molecular complexity index is 67.1. The van der Waals surface area contributed by atoms with E-state index in [-0.39, 0.29) is 8.46 Å². The molecule has 48 valence electrons. The molecule has 0 saturated carbocycles. The van der Waals surface area contributed by atoms with E-state index in [1.165, 1.54) is 0 Å². The molecule has 0 saturated heterocycles. The summed E-state index contributed by atoms with van der Waals surface area (Å²) in [4.78, 5) is 0. The summed E-state index contributed by atoms with van der Waals surface area (Å²) in [6.07, 6.45) is 0.644. The maximum atomic E-state index is 9.82. The van der Waals surface area contributed by atoms with Crippen LogP contribution < -0.4 is 0 Å². The van der Waals surface area contributed by atoms with Gasteiger partial charge in [-0.1, -0.05) is 0 Å². The number of hydrogen-bond donors (Lipinski definition) is 0. The topological polar surface area (TPSA) is 26.3 Å². The molecule has 0 aliphatic heterocycles. The number of hydrogen-bond acceptors (Lipinski definition) is 2. The Morgan fingerprint density at radius 3 is 2.62 bits per heavy atom. The third kappa shape index (κ3) is 6.28. The molecule has 0 aromatic carbocycles. The molecule has 0 bridgehead atoms. The van der Waals surface area contributed by atoms with Crippen molar-refractivity contribution in [2.24, 2.45) is 0 Å². The monoisotopic (exact) mass is 150 g/mol. The molecule has 0 radical (unpaired) electrons. The smallest absolute Gasteiger partial charge is 0.170 e. The molecule has 0 aromatic rings. The second-order valence-electron chi connectivity index (χ2n) is 1.77. The van der Waals surface area contributed by atoms with E-state index in [9.17, 15) is 4.57 Å². The van der Waals surface area contributed by atoms with Crippen LogP contribution in [0.1, 0.15) is 0 Å². The SMILES string of the molecule is C[SiH](C)OCCP=O. The maximum absolute atomic E-state index is 9.82. The normalized spacial score (nSPS) is 10.9. The second kappa shape index (κ2) is 5.41. The lowest BCUT2D eigenvalue weighted by Gasteiger charge is -2.00. The van der Waals surface area contributed by atoms with Gasteiger partial charge in [0.1, 0.15) is 0 Å². The molecule has 4 heteroatoms. The molecule has 0 amide bonds. The Labute approximate surface area is 53.2 Å². The van der Waals surface area contributed by atoms with Gasteiger partial charge in [-0.15, -0.1) is 0 Å². The average molecular weight is 150 g/mol. The molecule has 0 fully saturated rings. The Hall–Kier alpha value is 0.277. The molecule has 8 heavy (non-hydrogen) atoms. The average Bonchev–Trinajstić information content (AvgIpc) is 1.66. The maximum Gasteiger partial charge on any atom is 0.170 e. The summed E-state index contributed by atoms with van der Waals surface area (Å²) in [5.74, 6) is 0. The molecular formula is C4H11O2PSi. The first-order chi connectivity index (χ1) is 3.77. The molecule has 0 N–H and O–H groups in total. The van der Waals surface area contributed by atoms with Crippen LogP contribution in [0.25, 0.3) is 0 Å². The van der Waals surface area contributed by atoms with Gasteiger partial charge in [0.25, 0.3) is 0 Å². The Kier molecular flexibility index (Phi) is 5.60. The van der Waals surface area contributed by atoms with Crippen molar-refractivity contribution in [1.29, 1.82) is 0 Å². The van der Waals surface area contributed by atoms with E-state index in [0.29, 0.717) is 12.8 Å². The van der Waals surface area contributed by atoms with Gasteiger partial charge < -0.3 is 4.43 Å². The summed E-state index contributed by atoms with van der Waals surface area (Å²) < 4.78 is 15.0. The molecule has 0 spiro atoms. The fourth-order valence-electron chi connectivity index (χ4n) is 0.326. The molecule has 0 heterocycles. The molecular weight excluding hydrogens is 139 g/mol. The van der Waals surface area contributed by atoms with Crippen LogP contribution >= 0.6 is 8.46 Å². The molecule has 0 aliphatic carbocycles. The van der Waals surface area contributed by atoms with Gasteiger partial charge in [-0.25, -0.2) is 0 Å². The van der Waals surface area contributed by atoms with Gasteiger partial charge in [-0.2, -0.15) is 0 Å². The van der Waals surface area contributed by atoms with Crippen LogP contribution in [0.3, 0.4) is 0 Å². The first-order valence-electron chi connectivity index (χ1n) is 2.68. The molecule has 0 aromatic heterocycles. The van der Waals surface area contributed by atoms with E-state index in [0.717, 1.165) is 0 Å². The predicted molar refractivity (Wildman–Crippen MR) is 37.3 cm³/mol. The fourth-order valence-corrected chi connectivity index (χ4v) is 1.29. The van der Waals surface area contributed by atoms with Crippen molar-refractivity contribution >= 4 is 17.5 Å². The van der Waals surface area contributed by atoms with Crippen molar-refractivity contribution in [3.63, 3.8) is 0 Å². The van der Waals surface area contributed by atoms with Gasteiger partial charge in [0.2, 0.25) is 0 Å². The third-order valence-corrected chi connectivity index (χ3v) is 1.90. The first kappa shape index (κ1) is 8.28. The van der Waals surface area contributed by atoms with Gasteiger partial charge in [0, 0.05) is 6.61 Å². The highest BCUT2D eigenvalue weighted by Crippen LogP contribution is 1.91. The van der Waals surface area contributed by atoms with E-state index in [1.807, 2.05) is 0 Å². The summed E-state index contributed by atoms with van der Waals surface area (Å²) in [6.45, 7) is 4.86. The zero-order valence-electron chi connectivity index (χ0n) is 5.26. The summed E-state index contributed by atoms with van der Waals surface area (Å²) in [7, 11) is -0.648. The van der Waals surface area contributed by atoms with E-state index >= 15 is 0 Å². The van der Waals surface area contributed by atoms with Gasteiger partial charge in [0.05, 0.1) is 6.16 Å². The molecule has 0 aliphatic rings. The van der Waals surface area contributed by atoms with Crippen LogP contribution in [-0.4, -0.2) is 21.8 Å². The van der Waals surface area contributed by atoms with Gasteiger partial charge in [-0.05, 0) is 13.1 Å². The van der Waals surface area contributed by atoms with Gasteiger partial charge in [0.15, 0.2) is 17.5 Å². The Morgan fingerprint density at radius 2 is 2.25 bits per heavy atom. The van der Waals surface area contributed by atoms with E-state index in [2.05, 4.69) is 13.1 Å². The van der Waals surface area contributed by atoms with Crippen LogP contribution in [0.15, 0.2) is 0 Å². The van der Waals surface area contributed by atoms with Crippen molar-refractivity contribution in [3.05, 3.63) is 0 Å². The minimum Gasteiger partial charge on any atom is -0.420 e. The number of rotatable bonds is 4. The molecule has 2 nitrogen and oxygen atoms in total. The zero-order valence-corrected chi connectivity index (χ0v) is 7.30.